The molecule has 0 aliphatic carbocycles. The standard InChI is InChI=1S/C7H7F3N2O/c8-7(9,10)6-4(11)1-3(13)2-5(6)12/h1-2,13H,11-12H2. The van der Waals surface area contributed by atoms with Crippen molar-refractivity contribution in [2.24, 2.45) is 0 Å². The average Bonchev–Trinajstić information content (AvgIpc) is 1.78. The van der Waals surface area contributed by atoms with Gasteiger partial charge in [0.05, 0.1) is 0 Å². The quantitative estimate of drug-likeness (QED) is 0.546. The summed E-state index contributed by atoms with van der Waals surface area (Å²) in [6.45, 7) is 0. The van der Waals surface area contributed by atoms with Crippen LogP contribution in [0.15, 0.2) is 12.1 Å². The van der Waals surface area contributed by atoms with E-state index >= 15 is 0 Å². The number of phenolic OH excluding ortho intramolecular Hbond substituents is 1. The molecule has 0 aliphatic rings. The lowest BCUT2D eigenvalue weighted by atomic mass is 10.1. The molecule has 0 fully saturated rings. The van der Waals surface area contributed by atoms with Gasteiger partial charge in [-0.05, 0) is 0 Å². The molecule has 1 aromatic carbocycles. The highest BCUT2D eigenvalue weighted by atomic mass is 19.4. The molecule has 0 spiro atoms. The summed E-state index contributed by atoms with van der Waals surface area (Å²) in [7, 11) is 0. The number of anilines is 2. The van der Waals surface area contributed by atoms with E-state index in [2.05, 4.69) is 0 Å². The number of aromatic hydroxyl groups is 1. The third kappa shape index (κ3) is 1.77. The van der Waals surface area contributed by atoms with E-state index in [4.69, 9.17) is 16.6 Å². The van der Waals surface area contributed by atoms with E-state index in [-0.39, 0.29) is 5.75 Å². The first-order valence-corrected chi connectivity index (χ1v) is 3.27. The largest absolute Gasteiger partial charge is 0.508 e. The summed E-state index contributed by atoms with van der Waals surface area (Å²) in [5.41, 5.74) is 7.83. The molecule has 1 aromatic rings. The maximum absolute atomic E-state index is 12.2. The van der Waals surface area contributed by atoms with Gasteiger partial charge in [-0.3, -0.25) is 0 Å². The first kappa shape index (κ1) is 9.50. The van der Waals surface area contributed by atoms with E-state index in [1.165, 1.54) is 0 Å². The smallest absolute Gasteiger partial charge is 0.420 e. The number of halogens is 3. The summed E-state index contributed by atoms with van der Waals surface area (Å²) in [5, 5.41) is 8.86. The summed E-state index contributed by atoms with van der Waals surface area (Å²) in [6, 6.07) is 1.61. The zero-order valence-corrected chi connectivity index (χ0v) is 6.39. The second-order valence-corrected chi connectivity index (χ2v) is 2.50. The third-order valence-corrected chi connectivity index (χ3v) is 1.47. The lowest BCUT2D eigenvalue weighted by molar-refractivity contribution is -0.136. The maximum atomic E-state index is 12.2. The monoisotopic (exact) mass is 192 g/mol. The number of hydrogen-bond donors (Lipinski definition) is 3. The van der Waals surface area contributed by atoms with Crippen LogP contribution in [0.4, 0.5) is 24.5 Å². The SMILES string of the molecule is Nc1cc(O)cc(N)c1C(F)(F)F. The van der Waals surface area contributed by atoms with Gasteiger partial charge in [-0.1, -0.05) is 0 Å². The Bertz CT molecular complexity index is 312. The normalized spacial score (nSPS) is 11.6. The number of phenols is 1. The Labute approximate surface area is 71.8 Å². The minimum absolute atomic E-state index is 0.386. The minimum Gasteiger partial charge on any atom is -0.508 e. The van der Waals surface area contributed by atoms with Crippen LogP contribution in [-0.4, -0.2) is 5.11 Å². The minimum atomic E-state index is -4.60. The maximum Gasteiger partial charge on any atom is 0.420 e. The van der Waals surface area contributed by atoms with E-state index in [1.807, 2.05) is 0 Å². The number of benzene rings is 1. The number of nitrogen functional groups attached to an aromatic ring is 2. The third-order valence-electron chi connectivity index (χ3n) is 1.47. The van der Waals surface area contributed by atoms with Gasteiger partial charge >= 0.3 is 6.18 Å². The predicted octanol–water partition coefficient (Wildman–Crippen LogP) is 1.58. The molecule has 0 heterocycles. The molecule has 0 unspecified atom stereocenters. The van der Waals surface area contributed by atoms with Crippen LogP contribution in [0.3, 0.4) is 0 Å². The van der Waals surface area contributed by atoms with Gasteiger partial charge in [0.2, 0.25) is 0 Å². The fraction of sp³-hybridized carbons (Fsp3) is 0.143. The number of rotatable bonds is 0. The van der Waals surface area contributed by atoms with Gasteiger partial charge in [0.15, 0.2) is 0 Å². The van der Waals surface area contributed by atoms with Crippen molar-refractivity contribution in [1.82, 2.24) is 0 Å². The second kappa shape index (κ2) is 2.72. The lowest BCUT2D eigenvalue weighted by Crippen LogP contribution is -2.12. The average molecular weight is 192 g/mol. The molecule has 0 radical (unpaired) electrons. The molecule has 0 amide bonds. The van der Waals surface area contributed by atoms with Gasteiger partial charge in [0, 0.05) is 23.5 Å². The summed E-state index contributed by atoms with van der Waals surface area (Å²) in [6.07, 6.45) is -4.60. The molecule has 72 valence electrons. The van der Waals surface area contributed by atoms with Gasteiger partial charge in [0.25, 0.3) is 0 Å². The fourth-order valence-corrected chi connectivity index (χ4v) is 0.999. The van der Waals surface area contributed by atoms with Crippen LogP contribution in [-0.2, 0) is 6.18 Å². The Hall–Kier alpha value is -1.59. The number of nitrogens with two attached hydrogens (primary N) is 2. The van der Waals surface area contributed by atoms with E-state index in [0.29, 0.717) is 0 Å². The Morgan fingerprint density at radius 1 is 1.08 bits per heavy atom. The summed E-state index contributed by atoms with van der Waals surface area (Å²) < 4.78 is 36.6. The molecular weight excluding hydrogens is 185 g/mol. The molecule has 0 aliphatic heterocycles. The highest BCUT2D eigenvalue weighted by Crippen LogP contribution is 2.39. The molecular formula is C7H7F3N2O. The Balaban J connectivity index is 3.38. The number of alkyl halides is 3. The van der Waals surface area contributed by atoms with E-state index in [9.17, 15) is 13.2 Å². The van der Waals surface area contributed by atoms with E-state index in [1.54, 1.807) is 0 Å². The van der Waals surface area contributed by atoms with Crippen LogP contribution in [0.2, 0.25) is 0 Å². The highest BCUT2D eigenvalue weighted by molar-refractivity contribution is 5.66. The summed E-state index contributed by atoms with van der Waals surface area (Å²) >= 11 is 0. The molecule has 1 rings (SSSR count). The van der Waals surface area contributed by atoms with Crippen molar-refractivity contribution in [2.75, 3.05) is 11.5 Å². The van der Waals surface area contributed by atoms with Gasteiger partial charge in [-0.25, -0.2) is 0 Å². The molecule has 5 N–H and O–H groups in total. The van der Waals surface area contributed by atoms with Crippen molar-refractivity contribution in [3.8, 4) is 5.75 Å². The topological polar surface area (TPSA) is 72.3 Å². The van der Waals surface area contributed by atoms with Crippen LogP contribution in [0, 0.1) is 0 Å². The van der Waals surface area contributed by atoms with Crippen molar-refractivity contribution >= 4 is 11.4 Å². The van der Waals surface area contributed by atoms with Crippen molar-refractivity contribution < 1.29 is 18.3 Å². The summed E-state index contributed by atoms with van der Waals surface area (Å²) in [4.78, 5) is 0. The van der Waals surface area contributed by atoms with Crippen LogP contribution in [0.1, 0.15) is 5.56 Å². The fourth-order valence-electron chi connectivity index (χ4n) is 0.999. The lowest BCUT2D eigenvalue weighted by Gasteiger charge is -2.12. The first-order chi connectivity index (χ1) is 5.82. The predicted molar refractivity (Wildman–Crippen MR) is 41.9 cm³/mol. The molecule has 0 atom stereocenters. The highest BCUT2D eigenvalue weighted by Gasteiger charge is 2.35. The first-order valence-electron chi connectivity index (χ1n) is 3.27. The molecule has 6 heteroatoms. The Morgan fingerprint density at radius 2 is 1.46 bits per heavy atom. The van der Waals surface area contributed by atoms with Crippen molar-refractivity contribution in [3.05, 3.63) is 17.7 Å². The van der Waals surface area contributed by atoms with E-state index in [0.717, 1.165) is 12.1 Å². The molecule has 0 bridgehead atoms. The van der Waals surface area contributed by atoms with Gasteiger partial charge in [-0.15, -0.1) is 0 Å². The zero-order chi connectivity index (χ0) is 10.2. The second-order valence-electron chi connectivity index (χ2n) is 2.50. The van der Waals surface area contributed by atoms with E-state index < -0.39 is 23.1 Å². The van der Waals surface area contributed by atoms with Gasteiger partial charge in [0.1, 0.15) is 11.3 Å². The Kier molecular flexibility index (Phi) is 1.99. The summed E-state index contributed by atoms with van der Waals surface area (Å²) in [5.74, 6) is -0.386. The van der Waals surface area contributed by atoms with Crippen LogP contribution < -0.4 is 11.5 Å². The van der Waals surface area contributed by atoms with Crippen molar-refractivity contribution in [1.29, 1.82) is 0 Å². The van der Waals surface area contributed by atoms with Crippen LogP contribution in [0.25, 0.3) is 0 Å². The van der Waals surface area contributed by atoms with Crippen LogP contribution in [0.5, 0.6) is 5.75 Å². The molecule has 3 nitrogen and oxygen atoms in total. The number of hydrogen-bond acceptors (Lipinski definition) is 3. The molecule has 0 aromatic heterocycles. The Morgan fingerprint density at radius 3 is 1.77 bits per heavy atom. The van der Waals surface area contributed by atoms with Crippen molar-refractivity contribution in [2.45, 2.75) is 6.18 Å². The van der Waals surface area contributed by atoms with Gasteiger partial charge in [-0.2, -0.15) is 13.2 Å². The molecule has 0 saturated carbocycles. The van der Waals surface area contributed by atoms with Gasteiger partial charge < -0.3 is 16.6 Å². The van der Waals surface area contributed by atoms with Crippen LogP contribution >= 0.6 is 0 Å². The zero-order valence-electron chi connectivity index (χ0n) is 6.39. The molecule has 0 saturated heterocycles. The molecule has 13 heavy (non-hydrogen) atoms. The van der Waals surface area contributed by atoms with Crippen molar-refractivity contribution in [3.63, 3.8) is 0 Å².